The van der Waals surface area contributed by atoms with Crippen LogP contribution in [0.5, 0.6) is 0 Å². The van der Waals surface area contributed by atoms with Gasteiger partial charge in [-0.25, -0.2) is 9.56 Å². The van der Waals surface area contributed by atoms with Crippen LogP contribution in [0.2, 0.25) is 0 Å². The van der Waals surface area contributed by atoms with Crippen LogP contribution in [-0.4, -0.2) is 80.2 Å². The maximum atomic E-state index is 4.96. The molecule has 0 spiro atoms. The van der Waals surface area contributed by atoms with Gasteiger partial charge in [-0.1, -0.05) is 13.8 Å². The van der Waals surface area contributed by atoms with Gasteiger partial charge in [-0.15, -0.1) is 11.3 Å². The van der Waals surface area contributed by atoms with E-state index in [0.717, 1.165) is 76.7 Å². The quantitative estimate of drug-likeness (QED) is 0.254. The molecule has 5 rings (SSSR count). The number of piperazine rings is 2. The largest absolute Gasteiger partial charge is 1.00 e. The smallest absolute Gasteiger partial charge is 0.201 e. The molecule has 0 bridgehead atoms. The Hall–Kier alpha value is -1.29. The van der Waals surface area contributed by atoms with Crippen molar-refractivity contribution in [2.75, 3.05) is 70.3 Å². The highest BCUT2D eigenvalue weighted by Crippen LogP contribution is 2.32. The van der Waals surface area contributed by atoms with Gasteiger partial charge in [0, 0.05) is 44.0 Å². The van der Waals surface area contributed by atoms with Crippen molar-refractivity contribution >= 4 is 27.2 Å². The highest BCUT2D eigenvalue weighted by atomic mass is 127. The molecule has 7 heteroatoms. The Morgan fingerprint density at radius 2 is 1.58 bits per heavy atom. The van der Waals surface area contributed by atoms with Crippen LogP contribution in [0.1, 0.15) is 13.8 Å². The number of rotatable bonds is 3. The van der Waals surface area contributed by atoms with Crippen molar-refractivity contribution < 1.29 is 24.0 Å². The number of benzene rings is 2. The van der Waals surface area contributed by atoms with Gasteiger partial charge >= 0.3 is 0 Å². The molecular weight excluding hydrogens is 517 g/mol. The molecule has 3 heterocycles. The summed E-state index contributed by atoms with van der Waals surface area (Å²) in [5.41, 5.74) is 3.54. The number of fused-ring (bicyclic) bond motifs is 2. The summed E-state index contributed by atoms with van der Waals surface area (Å²) in [4.78, 5) is 13.8. The second-order valence-corrected chi connectivity index (χ2v) is 9.44. The molecule has 1 aromatic rings. The second kappa shape index (κ2) is 10.1. The standard InChI is InChI=1S/C24H32N5S.HI/c1-3-26-9-13-28(14-10-26)19-5-7-21-23(17-19)30-24-18-20(6-8-22(24)25-21)29-15-11-27(4-2)12-16-29;/h5-8,17-18H,3-4,9-16H2,1-2H3;1H/q+1;/p-1. The predicted molar refractivity (Wildman–Crippen MR) is 128 cm³/mol. The maximum absolute atomic E-state index is 4.96. The number of aromatic nitrogens is 1. The Bertz CT molecular complexity index is 1060. The summed E-state index contributed by atoms with van der Waals surface area (Å²) in [5, 5.41) is 1.34. The van der Waals surface area contributed by atoms with Gasteiger partial charge < -0.3 is 33.8 Å². The normalized spacial score (nSPS) is 18.5. The molecule has 1 aromatic carbocycles. The Kier molecular flexibility index (Phi) is 7.46. The van der Waals surface area contributed by atoms with E-state index in [1.54, 1.807) is 0 Å². The average Bonchev–Trinajstić information content (AvgIpc) is 2.82. The molecule has 0 unspecified atom stereocenters. The molecule has 4 aliphatic rings. The summed E-state index contributed by atoms with van der Waals surface area (Å²) in [6.07, 6.45) is 0. The van der Waals surface area contributed by atoms with Crippen molar-refractivity contribution in [3.8, 4) is 10.6 Å². The van der Waals surface area contributed by atoms with Gasteiger partial charge in [0.2, 0.25) is 5.36 Å². The van der Waals surface area contributed by atoms with Crippen LogP contribution < -0.4 is 38.8 Å². The zero-order valence-electron chi connectivity index (χ0n) is 18.6. The van der Waals surface area contributed by atoms with Crippen molar-refractivity contribution in [2.45, 2.75) is 13.8 Å². The fourth-order valence-electron chi connectivity index (χ4n) is 4.64. The first kappa shape index (κ1) is 22.9. The maximum Gasteiger partial charge on any atom is 0.201 e. The van der Waals surface area contributed by atoms with Crippen molar-refractivity contribution in [3.05, 3.63) is 41.8 Å². The lowest BCUT2D eigenvalue weighted by Crippen LogP contribution is -3.00. The van der Waals surface area contributed by atoms with E-state index >= 15 is 0 Å². The zero-order valence-corrected chi connectivity index (χ0v) is 21.5. The molecule has 0 aromatic heterocycles. The number of nitrogens with zero attached hydrogens (tertiary/aromatic N) is 5. The van der Waals surface area contributed by atoms with Gasteiger partial charge in [-0.05, 0) is 37.4 Å². The summed E-state index contributed by atoms with van der Waals surface area (Å²) in [7, 11) is 0. The predicted octanol–water partition coefficient (Wildman–Crippen LogP) is -0.345. The minimum atomic E-state index is 0. The van der Waals surface area contributed by atoms with E-state index in [4.69, 9.17) is 4.98 Å². The van der Waals surface area contributed by atoms with Gasteiger partial charge in [0.05, 0.1) is 33.9 Å². The van der Waals surface area contributed by atoms with Gasteiger partial charge in [0.1, 0.15) is 0 Å². The lowest BCUT2D eigenvalue weighted by molar-refractivity contribution is -0.00000607. The van der Waals surface area contributed by atoms with Gasteiger partial charge in [-0.2, -0.15) is 0 Å². The molecule has 5 nitrogen and oxygen atoms in total. The minimum absolute atomic E-state index is 0. The first-order valence-corrected chi connectivity index (χ1v) is 12.2. The van der Waals surface area contributed by atoms with E-state index in [1.807, 2.05) is 11.3 Å². The van der Waals surface area contributed by atoms with E-state index in [2.05, 4.69) is 69.5 Å². The van der Waals surface area contributed by atoms with Gasteiger partial charge in [0.15, 0.2) is 13.1 Å². The topological polar surface area (TPSA) is 25.6 Å². The summed E-state index contributed by atoms with van der Waals surface area (Å²) in [5.74, 6) is 0. The molecule has 0 N–H and O–H groups in total. The van der Waals surface area contributed by atoms with E-state index in [9.17, 15) is 0 Å². The third kappa shape index (κ3) is 4.89. The van der Waals surface area contributed by atoms with Gasteiger partial charge in [-0.3, -0.25) is 4.90 Å². The van der Waals surface area contributed by atoms with E-state index in [0.29, 0.717) is 0 Å². The van der Waals surface area contributed by atoms with Crippen LogP contribution in [0.3, 0.4) is 0 Å². The molecular formula is C24H32IN5S. The fourth-order valence-corrected chi connectivity index (χ4v) is 5.67. The third-order valence-electron chi connectivity index (χ3n) is 6.72. The number of likely N-dealkylation sites (N-methyl/N-ethyl adjacent to an activating group) is 2. The summed E-state index contributed by atoms with van der Waals surface area (Å²) < 4.78 is 3.80. The molecule has 0 amide bonds. The van der Waals surface area contributed by atoms with E-state index < -0.39 is 0 Å². The fraction of sp³-hybridized carbons (Fsp3) is 0.500. The molecule has 0 atom stereocenters. The van der Waals surface area contributed by atoms with Crippen molar-refractivity contribution in [3.63, 3.8) is 0 Å². The summed E-state index contributed by atoms with van der Waals surface area (Å²) in [6, 6.07) is 13.6. The molecule has 0 radical (unpaired) electrons. The zero-order chi connectivity index (χ0) is 20.5. The molecule has 3 aliphatic heterocycles. The molecule has 2 fully saturated rings. The Balaban J connectivity index is 0.00000231. The lowest BCUT2D eigenvalue weighted by atomic mass is 10.2. The van der Waals surface area contributed by atoms with Crippen molar-refractivity contribution in [1.29, 1.82) is 0 Å². The monoisotopic (exact) mass is 549 g/mol. The van der Waals surface area contributed by atoms with Crippen LogP contribution in [0.25, 0.3) is 20.8 Å². The number of halogens is 1. The van der Waals surface area contributed by atoms with Gasteiger partial charge in [0.25, 0.3) is 0 Å². The Labute approximate surface area is 206 Å². The SMILES string of the molecule is CCN1CCN(c2ccc3nc4ccc(=[N+]5CCN(CC)CC5)cc-4sc3c2)CC1.[I-]. The first-order chi connectivity index (χ1) is 14.7. The summed E-state index contributed by atoms with van der Waals surface area (Å²) in [6.45, 7) is 15.9. The molecule has 166 valence electrons. The first-order valence-electron chi connectivity index (χ1n) is 11.4. The van der Waals surface area contributed by atoms with Crippen molar-refractivity contribution in [1.82, 2.24) is 19.4 Å². The third-order valence-corrected chi connectivity index (χ3v) is 7.81. The summed E-state index contributed by atoms with van der Waals surface area (Å²) >= 11 is 1.88. The average molecular weight is 550 g/mol. The van der Waals surface area contributed by atoms with Crippen molar-refractivity contribution in [2.24, 2.45) is 0 Å². The minimum Gasteiger partial charge on any atom is -1.00 e. The molecule has 1 aliphatic carbocycles. The van der Waals surface area contributed by atoms with Crippen LogP contribution in [0.15, 0.2) is 36.4 Å². The van der Waals surface area contributed by atoms with Crippen LogP contribution in [0.4, 0.5) is 5.69 Å². The van der Waals surface area contributed by atoms with E-state index in [-0.39, 0.29) is 24.0 Å². The lowest BCUT2D eigenvalue weighted by Gasteiger charge is -2.35. The molecule has 0 saturated carbocycles. The Morgan fingerprint density at radius 3 is 2.29 bits per heavy atom. The second-order valence-electron chi connectivity index (χ2n) is 8.36. The number of anilines is 1. The Morgan fingerprint density at radius 1 is 0.871 bits per heavy atom. The van der Waals surface area contributed by atoms with Crippen LogP contribution in [0, 0.1) is 0 Å². The number of hydrogen-bond donors (Lipinski definition) is 0. The highest BCUT2D eigenvalue weighted by Gasteiger charge is 2.19. The molecule has 2 saturated heterocycles. The van der Waals surface area contributed by atoms with Crippen LogP contribution >= 0.6 is 11.3 Å². The van der Waals surface area contributed by atoms with E-state index in [1.165, 1.54) is 20.6 Å². The highest BCUT2D eigenvalue weighted by molar-refractivity contribution is 7.21. The van der Waals surface area contributed by atoms with Crippen LogP contribution in [-0.2, 0) is 0 Å². The molecule has 31 heavy (non-hydrogen) atoms. The number of hydrogen-bond acceptors (Lipinski definition) is 5.